The molecule has 1 fully saturated rings. The van der Waals surface area contributed by atoms with Crippen molar-refractivity contribution < 1.29 is 8.91 Å². The molecule has 1 aliphatic rings. The third-order valence-corrected chi connectivity index (χ3v) is 4.12. The van der Waals surface area contributed by atoms with Gasteiger partial charge < -0.3 is 4.52 Å². The minimum absolute atomic E-state index is 0.0424. The van der Waals surface area contributed by atoms with Crippen molar-refractivity contribution in [2.24, 2.45) is 0 Å². The highest BCUT2D eigenvalue weighted by Crippen LogP contribution is 2.24. The summed E-state index contributed by atoms with van der Waals surface area (Å²) in [6, 6.07) is 6.61. The van der Waals surface area contributed by atoms with Crippen molar-refractivity contribution in [3.8, 4) is 6.07 Å². The van der Waals surface area contributed by atoms with E-state index in [1.807, 2.05) is 13.1 Å². The summed E-state index contributed by atoms with van der Waals surface area (Å²) < 4.78 is 18.7. The molecule has 120 valence electrons. The molecule has 0 spiro atoms. The monoisotopic (exact) mass is 315 g/mol. The molecule has 23 heavy (non-hydrogen) atoms. The lowest BCUT2D eigenvalue weighted by atomic mass is 10.1. The number of aryl methyl sites for hydroxylation is 1. The summed E-state index contributed by atoms with van der Waals surface area (Å²) in [5.41, 5.74) is 1.01. The third-order valence-electron chi connectivity index (χ3n) is 4.12. The van der Waals surface area contributed by atoms with Crippen LogP contribution in [0.15, 0.2) is 22.7 Å². The lowest BCUT2D eigenvalue weighted by Crippen LogP contribution is -2.46. The van der Waals surface area contributed by atoms with Crippen molar-refractivity contribution in [2.45, 2.75) is 19.5 Å². The van der Waals surface area contributed by atoms with Gasteiger partial charge in [-0.25, -0.2) is 4.39 Å². The van der Waals surface area contributed by atoms with E-state index in [0.29, 0.717) is 18.3 Å². The molecule has 1 aromatic carbocycles. The van der Waals surface area contributed by atoms with E-state index in [9.17, 15) is 4.39 Å². The largest absolute Gasteiger partial charge is 0.338 e. The van der Waals surface area contributed by atoms with Crippen molar-refractivity contribution >= 4 is 0 Å². The summed E-state index contributed by atoms with van der Waals surface area (Å²) >= 11 is 0. The lowest BCUT2D eigenvalue weighted by Gasteiger charge is -2.37. The first-order valence-electron chi connectivity index (χ1n) is 7.48. The van der Waals surface area contributed by atoms with Crippen LogP contribution in [0.1, 0.15) is 28.9 Å². The number of piperazine rings is 1. The molecule has 0 amide bonds. The smallest absolute Gasteiger partial charge is 0.245 e. The van der Waals surface area contributed by atoms with Crippen LogP contribution in [-0.4, -0.2) is 46.6 Å². The zero-order chi connectivity index (χ0) is 16.4. The summed E-state index contributed by atoms with van der Waals surface area (Å²) in [5.74, 6) is 0.767. The van der Waals surface area contributed by atoms with Crippen LogP contribution >= 0.6 is 0 Å². The van der Waals surface area contributed by atoms with E-state index in [-0.39, 0.29) is 11.6 Å². The van der Waals surface area contributed by atoms with Crippen molar-refractivity contribution in [2.75, 3.05) is 26.7 Å². The Hall–Kier alpha value is -2.30. The Morgan fingerprint density at radius 1 is 1.43 bits per heavy atom. The summed E-state index contributed by atoms with van der Waals surface area (Å²) in [7, 11) is 2.03. The van der Waals surface area contributed by atoms with Gasteiger partial charge in [-0.05, 0) is 31.7 Å². The number of nitriles is 1. The van der Waals surface area contributed by atoms with Crippen LogP contribution in [0.3, 0.4) is 0 Å². The van der Waals surface area contributed by atoms with Gasteiger partial charge in [0, 0.05) is 26.2 Å². The molecule has 1 atom stereocenters. The molecule has 2 aromatic rings. The normalized spacial score (nSPS) is 19.7. The fraction of sp³-hybridized carbons (Fsp3) is 0.438. The Bertz CT molecular complexity index is 738. The van der Waals surface area contributed by atoms with Gasteiger partial charge in [0.05, 0.1) is 5.56 Å². The van der Waals surface area contributed by atoms with Crippen LogP contribution in [0.5, 0.6) is 0 Å². The van der Waals surface area contributed by atoms with E-state index >= 15 is 0 Å². The molecule has 0 saturated carbocycles. The Morgan fingerprint density at radius 2 is 2.26 bits per heavy atom. The third kappa shape index (κ3) is 3.38. The average Bonchev–Trinajstić information content (AvgIpc) is 2.97. The van der Waals surface area contributed by atoms with Gasteiger partial charge in [-0.1, -0.05) is 11.2 Å². The van der Waals surface area contributed by atoms with Crippen LogP contribution in [-0.2, 0) is 6.54 Å². The topological polar surface area (TPSA) is 69.2 Å². The Labute approximate surface area is 134 Å². The number of likely N-dealkylation sites (N-methyl/N-ethyl adjacent to an activating group) is 1. The first kappa shape index (κ1) is 15.6. The van der Waals surface area contributed by atoms with Crippen LogP contribution in [0.2, 0.25) is 0 Å². The number of hydrogen-bond donors (Lipinski definition) is 0. The molecule has 6 nitrogen and oxygen atoms in total. The molecule has 1 aliphatic heterocycles. The highest BCUT2D eigenvalue weighted by atomic mass is 19.1. The van der Waals surface area contributed by atoms with Crippen LogP contribution in [0.25, 0.3) is 0 Å². The Balaban J connectivity index is 1.73. The highest BCUT2D eigenvalue weighted by Gasteiger charge is 2.29. The first-order chi connectivity index (χ1) is 11.1. The van der Waals surface area contributed by atoms with E-state index < -0.39 is 5.82 Å². The van der Waals surface area contributed by atoms with E-state index in [1.54, 1.807) is 19.1 Å². The Kier molecular flexibility index (Phi) is 4.37. The number of halogens is 1. The standard InChI is InChI=1S/C16H18FN5O/c1-11-19-16(23-20-11)15-10-22(6-5-21(15)2)9-12-3-4-14(17)13(7-12)8-18/h3-4,7,15H,5-6,9-10H2,1-2H3. The van der Waals surface area contributed by atoms with E-state index in [4.69, 9.17) is 9.78 Å². The minimum atomic E-state index is -0.478. The zero-order valence-corrected chi connectivity index (χ0v) is 13.2. The van der Waals surface area contributed by atoms with E-state index in [1.165, 1.54) is 6.07 Å². The molecule has 0 radical (unpaired) electrons. The van der Waals surface area contributed by atoms with Gasteiger partial charge in [0.1, 0.15) is 17.9 Å². The van der Waals surface area contributed by atoms with Crippen molar-refractivity contribution in [1.82, 2.24) is 19.9 Å². The quantitative estimate of drug-likeness (QED) is 0.861. The fourth-order valence-corrected chi connectivity index (χ4v) is 2.80. The van der Waals surface area contributed by atoms with Crippen molar-refractivity contribution in [1.29, 1.82) is 5.26 Å². The number of benzene rings is 1. The maximum Gasteiger partial charge on any atom is 0.245 e. The molecular weight excluding hydrogens is 297 g/mol. The summed E-state index contributed by atoms with van der Waals surface area (Å²) in [4.78, 5) is 8.76. The molecule has 0 N–H and O–H groups in total. The van der Waals surface area contributed by atoms with Crippen molar-refractivity contribution in [3.63, 3.8) is 0 Å². The minimum Gasteiger partial charge on any atom is -0.338 e. The molecule has 1 unspecified atom stereocenters. The molecule has 3 rings (SSSR count). The molecule has 2 heterocycles. The van der Waals surface area contributed by atoms with Gasteiger partial charge >= 0.3 is 0 Å². The number of nitrogens with zero attached hydrogens (tertiary/aromatic N) is 5. The average molecular weight is 315 g/mol. The maximum absolute atomic E-state index is 13.4. The molecule has 0 aliphatic carbocycles. The second kappa shape index (κ2) is 6.44. The van der Waals surface area contributed by atoms with Gasteiger partial charge in [-0.2, -0.15) is 10.2 Å². The highest BCUT2D eigenvalue weighted by molar-refractivity contribution is 5.34. The lowest BCUT2D eigenvalue weighted by molar-refractivity contribution is 0.0714. The second-order valence-corrected chi connectivity index (χ2v) is 5.84. The van der Waals surface area contributed by atoms with Gasteiger partial charge in [-0.3, -0.25) is 9.80 Å². The van der Waals surface area contributed by atoms with Crippen LogP contribution < -0.4 is 0 Å². The summed E-state index contributed by atoms with van der Waals surface area (Å²) in [5, 5.41) is 12.8. The SMILES string of the molecule is Cc1noc(C2CN(Cc3ccc(F)c(C#N)c3)CCN2C)n1. The van der Waals surface area contributed by atoms with Gasteiger partial charge in [0.15, 0.2) is 5.82 Å². The number of hydrogen-bond acceptors (Lipinski definition) is 6. The fourth-order valence-electron chi connectivity index (χ4n) is 2.80. The molecular formula is C16H18FN5O. The zero-order valence-electron chi connectivity index (χ0n) is 13.2. The van der Waals surface area contributed by atoms with E-state index in [2.05, 4.69) is 19.9 Å². The predicted molar refractivity (Wildman–Crippen MR) is 80.8 cm³/mol. The van der Waals surface area contributed by atoms with Crippen LogP contribution in [0, 0.1) is 24.1 Å². The van der Waals surface area contributed by atoms with Crippen LogP contribution in [0.4, 0.5) is 4.39 Å². The summed E-state index contributed by atoms with van der Waals surface area (Å²) in [6.45, 7) is 4.97. The van der Waals surface area contributed by atoms with Gasteiger partial charge in [0.2, 0.25) is 5.89 Å². The van der Waals surface area contributed by atoms with Gasteiger partial charge in [-0.15, -0.1) is 0 Å². The van der Waals surface area contributed by atoms with Crippen molar-refractivity contribution in [3.05, 3.63) is 46.9 Å². The van der Waals surface area contributed by atoms with E-state index in [0.717, 1.165) is 25.2 Å². The predicted octanol–water partition coefficient (Wildman–Crippen LogP) is 1.88. The first-order valence-corrected chi connectivity index (χ1v) is 7.48. The molecule has 0 bridgehead atoms. The number of rotatable bonds is 3. The van der Waals surface area contributed by atoms with Gasteiger partial charge in [0.25, 0.3) is 0 Å². The molecule has 1 saturated heterocycles. The summed E-state index contributed by atoms with van der Waals surface area (Å²) in [6.07, 6.45) is 0. The second-order valence-electron chi connectivity index (χ2n) is 5.84. The molecule has 7 heteroatoms. The number of aromatic nitrogens is 2. The Morgan fingerprint density at radius 3 is 2.96 bits per heavy atom. The maximum atomic E-state index is 13.4. The molecule has 1 aromatic heterocycles.